The van der Waals surface area contributed by atoms with E-state index in [0.717, 1.165) is 6.07 Å². The molecule has 0 bridgehead atoms. The zero-order valence-electron chi connectivity index (χ0n) is 17.0. The van der Waals surface area contributed by atoms with E-state index in [1.165, 1.54) is 43.5 Å². The van der Waals surface area contributed by atoms with Crippen LogP contribution in [0, 0.1) is 5.82 Å². The second kappa shape index (κ2) is 8.18. The summed E-state index contributed by atoms with van der Waals surface area (Å²) >= 11 is 0. The van der Waals surface area contributed by atoms with Gasteiger partial charge in [0.1, 0.15) is 5.82 Å². The molecule has 32 heavy (non-hydrogen) atoms. The van der Waals surface area contributed by atoms with Gasteiger partial charge in [0.15, 0.2) is 5.88 Å². The summed E-state index contributed by atoms with van der Waals surface area (Å²) in [6.07, 6.45) is -2.81. The van der Waals surface area contributed by atoms with E-state index in [2.05, 4.69) is 15.3 Å². The smallest absolute Gasteiger partial charge is 0.418 e. The number of hydrogen-bond donors (Lipinski definition) is 3. The molecule has 4 rings (SSSR count). The molecule has 0 aliphatic carbocycles. The SMILES string of the molecule is CC(=O)NC1CCN(c2ccc(N=Cc3c(O)[nH]c4cc(F)ccc34)cc2C(F)(F)F)C1. The van der Waals surface area contributed by atoms with Crippen molar-refractivity contribution in [3.8, 4) is 5.88 Å². The van der Waals surface area contributed by atoms with Crippen molar-refractivity contribution in [1.29, 1.82) is 0 Å². The normalized spacial score (nSPS) is 16.9. The van der Waals surface area contributed by atoms with Gasteiger partial charge in [-0.05, 0) is 42.8 Å². The molecule has 3 aromatic rings. The molecule has 0 radical (unpaired) electrons. The highest BCUT2D eigenvalue weighted by Crippen LogP contribution is 2.40. The van der Waals surface area contributed by atoms with Gasteiger partial charge in [-0.1, -0.05) is 0 Å². The van der Waals surface area contributed by atoms with Crippen molar-refractivity contribution in [1.82, 2.24) is 10.3 Å². The van der Waals surface area contributed by atoms with E-state index in [1.807, 2.05) is 0 Å². The van der Waals surface area contributed by atoms with Gasteiger partial charge < -0.3 is 20.3 Å². The molecule has 1 amide bonds. The van der Waals surface area contributed by atoms with Crippen molar-refractivity contribution in [2.75, 3.05) is 18.0 Å². The first kappa shape index (κ1) is 21.7. The van der Waals surface area contributed by atoms with E-state index in [-0.39, 0.29) is 41.3 Å². The van der Waals surface area contributed by atoms with Crippen LogP contribution in [0.15, 0.2) is 41.4 Å². The van der Waals surface area contributed by atoms with E-state index in [4.69, 9.17) is 0 Å². The summed E-state index contributed by atoms with van der Waals surface area (Å²) in [6.45, 7) is 2.04. The number of amides is 1. The lowest BCUT2D eigenvalue weighted by Gasteiger charge is -2.23. The van der Waals surface area contributed by atoms with Crippen LogP contribution in [-0.2, 0) is 11.0 Å². The molecule has 1 fully saturated rings. The Morgan fingerprint density at radius 2 is 2.06 bits per heavy atom. The van der Waals surface area contributed by atoms with Crippen molar-refractivity contribution in [3.05, 3.63) is 53.3 Å². The number of nitrogens with one attached hydrogen (secondary N) is 2. The Morgan fingerprint density at radius 1 is 1.28 bits per heavy atom. The molecule has 10 heteroatoms. The van der Waals surface area contributed by atoms with E-state index in [0.29, 0.717) is 23.9 Å². The zero-order valence-corrected chi connectivity index (χ0v) is 17.0. The van der Waals surface area contributed by atoms with Gasteiger partial charge in [0, 0.05) is 43.3 Å². The Bertz CT molecular complexity index is 1200. The van der Waals surface area contributed by atoms with Crippen molar-refractivity contribution >= 4 is 34.4 Å². The minimum absolute atomic E-state index is 0.0229. The number of benzene rings is 2. The third kappa shape index (κ3) is 4.39. The Kier molecular flexibility index (Phi) is 5.53. The summed E-state index contributed by atoms with van der Waals surface area (Å²) < 4.78 is 54.7. The number of anilines is 1. The van der Waals surface area contributed by atoms with Crippen LogP contribution in [0.25, 0.3) is 10.9 Å². The number of fused-ring (bicyclic) bond motifs is 1. The van der Waals surface area contributed by atoms with Crippen LogP contribution in [0.4, 0.5) is 28.9 Å². The zero-order chi connectivity index (χ0) is 23.0. The van der Waals surface area contributed by atoms with E-state index >= 15 is 0 Å². The highest BCUT2D eigenvalue weighted by Gasteiger charge is 2.37. The number of alkyl halides is 3. The van der Waals surface area contributed by atoms with Crippen LogP contribution in [0.5, 0.6) is 5.88 Å². The maximum Gasteiger partial charge on any atom is 0.418 e. The quantitative estimate of drug-likeness (QED) is 0.406. The number of halogens is 4. The number of carbonyl (C=O) groups is 1. The molecule has 1 aliphatic heterocycles. The molecule has 2 heterocycles. The molecule has 3 N–H and O–H groups in total. The molecule has 1 atom stereocenters. The fraction of sp³-hybridized carbons (Fsp3) is 0.273. The average molecular weight is 448 g/mol. The Hall–Kier alpha value is -3.56. The van der Waals surface area contributed by atoms with Crippen molar-refractivity contribution in [3.63, 3.8) is 0 Å². The topological polar surface area (TPSA) is 80.7 Å². The minimum Gasteiger partial charge on any atom is -0.494 e. The van der Waals surface area contributed by atoms with Crippen molar-refractivity contribution in [2.24, 2.45) is 4.99 Å². The van der Waals surface area contributed by atoms with Gasteiger partial charge in [-0.3, -0.25) is 9.79 Å². The first-order chi connectivity index (χ1) is 15.1. The highest BCUT2D eigenvalue weighted by atomic mass is 19.4. The number of aromatic nitrogens is 1. The summed E-state index contributed by atoms with van der Waals surface area (Å²) in [4.78, 5) is 19.6. The Balaban J connectivity index is 1.64. The number of hydrogen-bond acceptors (Lipinski definition) is 4. The highest BCUT2D eigenvalue weighted by molar-refractivity contribution is 6.02. The summed E-state index contributed by atoms with van der Waals surface area (Å²) in [5.41, 5.74) is -0.168. The number of aliphatic imine (C=N–C) groups is 1. The second-order valence-corrected chi connectivity index (χ2v) is 7.67. The monoisotopic (exact) mass is 448 g/mol. The van der Waals surface area contributed by atoms with Crippen molar-refractivity contribution < 1.29 is 27.5 Å². The summed E-state index contributed by atoms with van der Waals surface area (Å²) in [5.74, 6) is -0.973. The van der Waals surface area contributed by atoms with Gasteiger partial charge in [-0.25, -0.2) is 4.39 Å². The summed E-state index contributed by atoms with van der Waals surface area (Å²) in [5, 5.41) is 13.3. The third-order valence-electron chi connectivity index (χ3n) is 5.34. The number of rotatable bonds is 4. The largest absolute Gasteiger partial charge is 0.494 e. The van der Waals surface area contributed by atoms with Crippen LogP contribution < -0.4 is 10.2 Å². The first-order valence-electron chi connectivity index (χ1n) is 9.89. The van der Waals surface area contributed by atoms with Crippen LogP contribution in [0.3, 0.4) is 0 Å². The fourth-order valence-electron chi connectivity index (χ4n) is 3.94. The second-order valence-electron chi connectivity index (χ2n) is 7.67. The molecular formula is C22H20F4N4O2. The molecule has 1 aliphatic rings. The fourth-order valence-corrected chi connectivity index (χ4v) is 3.94. The lowest BCUT2D eigenvalue weighted by atomic mass is 10.1. The number of aromatic amines is 1. The van der Waals surface area contributed by atoms with E-state index < -0.39 is 17.6 Å². The minimum atomic E-state index is -4.60. The maximum atomic E-state index is 13.8. The summed E-state index contributed by atoms with van der Waals surface area (Å²) in [7, 11) is 0. The molecule has 2 aromatic carbocycles. The third-order valence-corrected chi connectivity index (χ3v) is 5.34. The molecular weight excluding hydrogens is 428 g/mol. The van der Waals surface area contributed by atoms with E-state index in [1.54, 1.807) is 4.90 Å². The molecule has 0 saturated carbocycles. The predicted molar refractivity (Wildman–Crippen MR) is 113 cm³/mol. The predicted octanol–water partition coefficient (Wildman–Crippen LogP) is 4.50. The molecule has 1 unspecified atom stereocenters. The van der Waals surface area contributed by atoms with Gasteiger partial charge >= 0.3 is 6.18 Å². The number of H-pyrrole nitrogens is 1. The lowest BCUT2D eigenvalue weighted by molar-refractivity contribution is -0.137. The lowest BCUT2D eigenvalue weighted by Crippen LogP contribution is -2.35. The van der Waals surface area contributed by atoms with Gasteiger partial charge in [-0.15, -0.1) is 0 Å². The molecule has 0 spiro atoms. The number of aromatic hydroxyl groups is 1. The van der Waals surface area contributed by atoms with Gasteiger partial charge in [0.25, 0.3) is 0 Å². The van der Waals surface area contributed by atoms with E-state index in [9.17, 15) is 27.5 Å². The Morgan fingerprint density at radius 3 is 2.78 bits per heavy atom. The van der Waals surface area contributed by atoms with Crippen LogP contribution in [0.1, 0.15) is 24.5 Å². The number of nitrogens with zero attached hydrogens (tertiary/aromatic N) is 2. The van der Waals surface area contributed by atoms with Crippen LogP contribution >= 0.6 is 0 Å². The van der Waals surface area contributed by atoms with Gasteiger partial charge in [0.2, 0.25) is 5.91 Å². The molecule has 1 aromatic heterocycles. The Labute approximate surface area is 180 Å². The van der Waals surface area contributed by atoms with Crippen LogP contribution in [0.2, 0.25) is 0 Å². The van der Waals surface area contributed by atoms with Crippen LogP contribution in [-0.4, -0.2) is 41.3 Å². The van der Waals surface area contributed by atoms with Gasteiger partial charge in [-0.2, -0.15) is 13.2 Å². The van der Waals surface area contributed by atoms with Crippen molar-refractivity contribution in [2.45, 2.75) is 25.6 Å². The first-order valence-corrected chi connectivity index (χ1v) is 9.89. The standard InChI is InChI=1S/C22H20F4N4O2/c1-12(31)28-15-6-7-30(11-15)20-5-3-14(9-18(20)22(24,25)26)27-10-17-16-4-2-13(23)8-19(16)29-21(17)32/h2-5,8-10,15,29,32H,6-7,11H2,1H3,(H,28,31). The molecule has 1 saturated heterocycles. The summed E-state index contributed by atoms with van der Waals surface area (Å²) in [6, 6.07) is 7.42. The molecule has 168 valence electrons. The van der Waals surface area contributed by atoms with Gasteiger partial charge in [0.05, 0.1) is 22.3 Å². The maximum absolute atomic E-state index is 13.8. The number of carbonyl (C=O) groups excluding carboxylic acids is 1. The molecule has 6 nitrogen and oxygen atoms in total. The average Bonchev–Trinajstić information content (AvgIpc) is 3.28.